The van der Waals surface area contributed by atoms with E-state index in [-0.39, 0.29) is 0 Å². The fourth-order valence-electron chi connectivity index (χ4n) is 1.29. The van der Waals surface area contributed by atoms with Crippen LogP contribution >= 0.6 is 36.4 Å². The highest BCUT2D eigenvalue weighted by Gasteiger charge is 2.61. The molecule has 2 aliphatic heterocycles. The molecular formula is C5H6Cl2F2O6P2. The molecule has 2 aliphatic rings. The first-order valence-corrected chi connectivity index (χ1v) is 9.10. The average Bonchev–Trinajstić information content (AvgIpc) is 2.14. The molecular weight excluding hydrogens is 327 g/mol. The second-order valence-corrected chi connectivity index (χ2v) is 8.63. The molecule has 0 bridgehead atoms. The lowest BCUT2D eigenvalue weighted by Gasteiger charge is -2.44. The van der Waals surface area contributed by atoms with E-state index >= 15 is 0 Å². The van der Waals surface area contributed by atoms with Crippen LogP contribution in [-0.2, 0) is 27.2 Å². The van der Waals surface area contributed by atoms with Crippen molar-refractivity contribution < 1.29 is 36.0 Å². The van der Waals surface area contributed by atoms with Gasteiger partial charge >= 0.3 is 13.9 Å². The molecule has 0 aromatic heterocycles. The standard InChI is InChI=1S/C5H6Cl2F2O6P2/c6-16(10)12-1-5(2-13-16)3(8)14-17(7,11)15-4(5)9/h3-4H,1-2H2. The van der Waals surface area contributed by atoms with Crippen LogP contribution in [0.3, 0.4) is 0 Å². The number of hydrogen-bond donors (Lipinski definition) is 0. The number of rotatable bonds is 0. The smallest absolute Gasteiger partial charge is 0.296 e. The van der Waals surface area contributed by atoms with Crippen LogP contribution in [0.1, 0.15) is 0 Å². The molecule has 2 heterocycles. The third kappa shape index (κ3) is 2.69. The van der Waals surface area contributed by atoms with E-state index in [0.717, 1.165) is 0 Å². The second-order valence-electron chi connectivity index (χ2n) is 3.48. The number of alkyl halides is 2. The van der Waals surface area contributed by atoms with Gasteiger partial charge in [-0.2, -0.15) is 0 Å². The zero-order valence-corrected chi connectivity index (χ0v) is 11.2. The van der Waals surface area contributed by atoms with E-state index in [4.69, 9.17) is 22.5 Å². The lowest BCUT2D eigenvalue weighted by atomic mass is 9.90. The third-order valence-electron chi connectivity index (χ3n) is 2.32. The molecule has 0 amide bonds. The molecule has 2 atom stereocenters. The Morgan fingerprint density at radius 3 is 1.82 bits per heavy atom. The van der Waals surface area contributed by atoms with Crippen molar-refractivity contribution in [1.29, 1.82) is 0 Å². The molecule has 0 aromatic rings. The molecule has 1 spiro atoms. The maximum atomic E-state index is 13.6. The van der Waals surface area contributed by atoms with Gasteiger partial charge in [-0.1, -0.05) is 0 Å². The minimum absolute atomic E-state index is 0.715. The van der Waals surface area contributed by atoms with Gasteiger partial charge in [0.2, 0.25) is 12.7 Å². The Bertz CT molecular complexity index is 391. The Labute approximate surface area is 104 Å². The molecule has 6 nitrogen and oxygen atoms in total. The summed E-state index contributed by atoms with van der Waals surface area (Å²) in [6, 6.07) is 0. The van der Waals surface area contributed by atoms with Crippen LogP contribution in [0.25, 0.3) is 0 Å². The van der Waals surface area contributed by atoms with Gasteiger partial charge in [-0.25, -0.2) is 17.9 Å². The van der Waals surface area contributed by atoms with E-state index < -0.39 is 45.2 Å². The van der Waals surface area contributed by atoms with Crippen molar-refractivity contribution in [1.82, 2.24) is 0 Å². The van der Waals surface area contributed by atoms with Crippen molar-refractivity contribution in [2.24, 2.45) is 5.41 Å². The topological polar surface area (TPSA) is 71.1 Å². The quantitative estimate of drug-likeness (QED) is 0.633. The monoisotopic (exact) mass is 332 g/mol. The van der Waals surface area contributed by atoms with E-state index in [2.05, 4.69) is 18.1 Å². The predicted octanol–water partition coefficient (Wildman–Crippen LogP) is 3.35. The van der Waals surface area contributed by atoms with Crippen molar-refractivity contribution in [2.45, 2.75) is 12.7 Å². The Morgan fingerprint density at radius 1 is 1.00 bits per heavy atom. The minimum atomic E-state index is -4.31. The van der Waals surface area contributed by atoms with Crippen LogP contribution in [0, 0.1) is 5.41 Å². The van der Waals surface area contributed by atoms with Gasteiger partial charge in [0.15, 0.2) is 0 Å². The van der Waals surface area contributed by atoms with Gasteiger partial charge in [-0.05, 0) is 0 Å². The number of halogens is 4. The molecule has 12 heteroatoms. The van der Waals surface area contributed by atoms with E-state index in [0.29, 0.717) is 0 Å². The summed E-state index contributed by atoms with van der Waals surface area (Å²) in [5.74, 6) is 0. The SMILES string of the molecule is O=P1(Cl)OCC2(CO1)C(F)OP(=O)(Cl)OC2F. The molecule has 2 saturated heterocycles. The fraction of sp³-hybridized carbons (Fsp3) is 1.00. The summed E-state index contributed by atoms with van der Waals surface area (Å²) >= 11 is 10.3. The normalized spacial score (nSPS) is 56.0. The molecule has 17 heavy (non-hydrogen) atoms. The zero-order chi connectivity index (χ0) is 12.9. The molecule has 100 valence electrons. The van der Waals surface area contributed by atoms with Crippen LogP contribution in [0.15, 0.2) is 0 Å². The Hall–Kier alpha value is 0.740. The number of hydrogen-bond acceptors (Lipinski definition) is 6. The molecule has 0 N–H and O–H groups in total. The summed E-state index contributed by atoms with van der Waals surface area (Å²) in [7, 11) is 0. The van der Waals surface area contributed by atoms with Crippen molar-refractivity contribution in [3.05, 3.63) is 0 Å². The van der Waals surface area contributed by atoms with Crippen molar-refractivity contribution in [3.63, 3.8) is 0 Å². The first-order valence-electron chi connectivity index (χ1n) is 4.20. The Balaban J connectivity index is 2.21. The third-order valence-corrected chi connectivity index (χ3v) is 5.13. The van der Waals surface area contributed by atoms with Crippen LogP contribution in [0.5, 0.6) is 0 Å². The van der Waals surface area contributed by atoms with E-state index in [1.807, 2.05) is 0 Å². The summed E-state index contributed by atoms with van der Waals surface area (Å²) in [5, 5.41) is 0. The first kappa shape index (κ1) is 14.2. The van der Waals surface area contributed by atoms with Crippen molar-refractivity contribution in [3.8, 4) is 0 Å². The minimum Gasteiger partial charge on any atom is -0.296 e. The van der Waals surface area contributed by atoms with Gasteiger partial charge in [-0.15, -0.1) is 0 Å². The Morgan fingerprint density at radius 2 is 1.41 bits per heavy atom. The zero-order valence-electron chi connectivity index (χ0n) is 7.92. The lowest BCUT2D eigenvalue weighted by molar-refractivity contribution is -0.225. The molecule has 0 aliphatic carbocycles. The summed E-state index contributed by atoms with van der Waals surface area (Å²) in [6.07, 6.45) is -4.79. The van der Waals surface area contributed by atoms with E-state index in [1.165, 1.54) is 0 Å². The highest BCUT2D eigenvalue weighted by Crippen LogP contribution is 2.67. The largest absolute Gasteiger partial charge is 0.429 e. The molecule has 2 rings (SSSR count). The van der Waals surface area contributed by atoms with Gasteiger partial charge in [0.1, 0.15) is 5.41 Å². The summed E-state index contributed by atoms with van der Waals surface area (Å²) in [4.78, 5) is 0. The summed E-state index contributed by atoms with van der Waals surface area (Å²) in [5.41, 5.74) is -2.05. The van der Waals surface area contributed by atoms with Gasteiger partial charge in [0.25, 0.3) is 0 Å². The van der Waals surface area contributed by atoms with Crippen molar-refractivity contribution >= 4 is 36.4 Å². The van der Waals surface area contributed by atoms with Gasteiger partial charge in [0.05, 0.1) is 13.2 Å². The lowest BCUT2D eigenvalue weighted by Crippen LogP contribution is -2.53. The maximum Gasteiger partial charge on any atom is 0.429 e. The molecule has 0 aromatic carbocycles. The first-order chi connectivity index (χ1) is 7.67. The summed E-state index contributed by atoms with van der Waals surface area (Å²) in [6.45, 7) is -9.58. The predicted molar refractivity (Wildman–Crippen MR) is 53.2 cm³/mol. The van der Waals surface area contributed by atoms with Crippen LogP contribution < -0.4 is 0 Å². The highest BCUT2D eigenvalue weighted by atomic mass is 35.7. The van der Waals surface area contributed by atoms with E-state index in [1.54, 1.807) is 0 Å². The van der Waals surface area contributed by atoms with Gasteiger partial charge in [-0.3, -0.25) is 18.1 Å². The van der Waals surface area contributed by atoms with E-state index in [9.17, 15) is 17.9 Å². The van der Waals surface area contributed by atoms with Crippen molar-refractivity contribution in [2.75, 3.05) is 13.2 Å². The van der Waals surface area contributed by atoms with Gasteiger partial charge in [0, 0.05) is 22.5 Å². The second kappa shape index (κ2) is 4.39. The van der Waals surface area contributed by atoms with Crippen LogP contribution in [0.2, 0.25) is 0 Å². The molecule has 2 fully saturated rings. The summed E-state index contributed by atoms with van der Waals surface area (Å²) < 4.78 is 66.9. The van der Waals surface area contributed by atoms with Gasteiger partial charge < -0.3 is 0 Å². The fourth-order valence-corrected chi connectivity index (χ4v) is 3.78. The highest BCUT2D eigenvalue weighted by molar-refractivity contribution is 7.81. The molecule has 2 unspecified atom stereocenters. The Kier molecular flexibility index (Phi) is 3.65. The average molecular weight is 333 g/mol. The molecule has 0 saturated carbocycles. The molecule has 0 radical (unpaired) electrons. The maximum absolute atomic E-state index is 13.6. The van der Waals surface area contributed by atoms with Crippen LogP contribution in [0.4, 0.5) is 8.78 Å². The van der Waals surface area contributed by atoms with Crippen LogP contribution in [-0.4, -0.2) is 25.9 Å².